The number of nitrogens with one attached hydrogen (secondary N) is 1. The molecule has 0 spiro atoms. The second kappa shape index (κ2) is 8.25. The number of sulfonamides is 1. The van der Waals surface area contributed by atoms with Crippen molar-refractivity contribution in [3.63, 3.8) is 0 Å². The number of hydrogen-bond donors (Lipinski definition) is 1. The predicted octanol–water partition coefficient (Wildman–Crippen LogP) is 3.55. The number of benzene rings is 2. The van der Waals surface area contributed by atoms with E-state index in [-0.39, 0.29) is 41.9 Å². The Morgan fingerprint density at radius 1 is 1.00 bits per heavy atom. The van der Waals surface area contributed by atoms with Gasteiger partial charge in [0.2, 0.25) is 10.0 Å². The molecule has 0 aliphatic carbocycles. The molecule has 0 unspecified atom stereocenters. The molecule has 1 fully saturated rings. The van der Waals surface area contributed by atoms with Crippen LogP contribution in [0.15, 0.2) is 53.4 Å². The van der Waals surface area contributed by atoms with Crippen molar-refractivity contribution in [3.05, 3.63) is 59.9 Å². The summed E-state index contributed by atoms with van der Waals surface area (Å²) in [5, 5.41) is 2.97. The summed E-state index contributed by atoms with van der Waals surface area (Å²) in [7, 11) is -3.76. The van der Waals surface area contributed by atoms with Crippen molar-refractivity contribution in [2.45, 2.75) is 11.1 Å². The van der Waals surface area contributed by atoms with Crippen molar-refractivity contribution >= 4 is 33.0 Å². The second-order valence-electron chi connectivity index (χ2n) is 6.35. The fourth-order valence-corrected chi connectivity index (χ4v) is 4.59. The Balaban J connectivity index is 1.62. The molecule has 1 aliphatic heterocycles. The molecule has 11 heteroatoms. The summed E-state index contributed by atoms with van der Waals surface area (Å²) in [6.45, 7) is 0.824. The van der Waals surface area contributed by atoms with E-state index in [0.29, 0.717) is 0 Å². The van der Waals surface area contributed by atoms with Gasteiger partial charge in [-0.2, -0.15) is 17.5 Å². The first-order valence-electron chi connectivity index (χ1n) is 8.56. The lowest BCUT2D eigenvalue weighted by atomic mass is 10.2. The van der Waals surface area contributed by atoms with Crippen LogP contribution < -0.4 is 5.32 Å². The summed E-state index contributed by atoms with van der Waals surface area (Å²) in [5.41, 5.74) is -0.591. The van der Waals surface area contributed by atoms with Crippen molar-refractivity contribution in [3.8, 4) is 0 Å². The molecule has 0 radical (unpaired) electrons. The van der Waals surface area contributed by atoms with Crippen LogP contribution in [0.2, 0.25) is 0 Å². The predicted molar refractivity (Wildman–Crippen MR) is 104 cm³/mol. The molecule has 1 aliphatic rings. The minimum absolute atomic E-state index is 0.00276. The lowest BCUT2D eigenvalue weighted by Gasteiger charge is -2.35. The van der Waals surface area contributed by atoms with Gasteiger partial charge < -0.3 is 10.2 Å². The maximum atomic E-state index is 13.0. The fourth-order valence-electron chi connectivity index (χ4n) is 2.86. The Bertz CT molecular complexity index is 987. The Kier molecular flexibility index (Phi) is 6.11. The van der Waals surface area contributed by atoms with E-state index in [1.807, 2.05) is 0 Å². The van der Waals surface area contributed by atoms with Crippen molar-refractivity contribution in [1.82, 2.24) is 9.21 Å². The third-order valence-electron chi connectivity index (χ3n) is 4.42. The van der Waals surface area contributed by atoms with E-state index in [1.54, 1.807) is 4.90 Å². The van der Waals surface area contributed by atoms with Crippen molar-refractivity contribution in [1.29, 1.82) is 0 Å². The first-order valence-corrected chi connectivity index (χ1v) is 10.4. The van der Waals surface area contributed by atoms with E-state index in [2.05, 4.69) is 5.32 Å². The van der Waals surface area contributed by atoms with Crippen molar-refractivity contribution in [2.24, 2.45) is 0 Å². The van der Waals surface area contributed by atoms with Crippen LogP contribution in [0.3, 0.4) is 0 Å². The molecule has 0 aromatic heterocycles. The second-order valence-corrected chi connectivity index (χ2v) is 8.68. The molecule has 2 aromatic rings. The number of halogens is 4. The lowest BCUT2D eigenvalue weighted by molar-refractivity contribution is -0.137. The molecule has 1 N–H and O–H groups in total. The normalized spacial score (nSPS) is 15.9. The molecule has 2 aromatic carbocycles. The first-order chi connectivity index (χ1) is 13.6. The van der Waals surface area contributed by atoms with Crippen LogP contribution in [0.25, 0.3) is 0 Å². The Morgan fingerprint density at radius 2 is 1.62 bits per heavy atom. The minimum Gasteiger partial charge on any atom is -0.346 e. The smallest absolute Gasteiger partial charge is 0.346 e. The van der Waals surface area contributed by atoms with Crippen molar-refractivity contribution < 1.29 is 26.0 Å². The van der Waals surface area contributed by atoms with Gasteiger partial charge in [0.15, 0.2) is 5.11 Å². The zero-order valence-electron chi connectivity index (χ0n) is 15.0. The molecule has 0 amide bonds. The highest BCUT2D eigenvalue weighted by molar-refractivity contribution is 7.89. The summed E-state index contributed by atoms with van der Waals surface area (Å²) >= 11 is 5.26. The van der Waals surface area contributed by atoms with Crippen LogP contribution in [-0.2, 0) is 16.2 Å². The summed E-state index contributed by atoms with van der Waals surface area (Å²) < 4.78 is 78.0. The molecular weight excluding hydrogens is 430 g/mol. The summed E-state index contributed by atoms with van der Waals surface area (Å²) in [4.78, 5) is 1.68. The van der Waals surface area contributed by atoms with E-state index >= 15 is 0 Å². The third-order valence-corrected chi connectivity index (χ3v) is 6.69. The molecule has 156 valence electrons. The maximum Gasteiger partial charge on any atom is 0.416 e. The number of piperazine rings is 1. The van der Waals surface area contributed by atoms with Gasteiger partial charge in [-0.25, -0.2) is 12.8 Å². The van der Waals surface area contributed by atoms with Gasteiger partial charge in [0.25, 0.3) is 0 Å². The molecule has 3 rings (SSSR count). The molecule has 5 nitrogen and oxygen atoms in total. The Morgan fingerprint density at radius 3 is 2.21 bits per heavy atom. The SMILES string of the molecule is O=S(=O)(c1ccc(F)cc1)N1CCN(C(=S)Nc2cccc(C(F)(F)F)c2)CC1. The van der Waals surface area contributed by atoms with Crippen LogP contribution in [0.4, 0.5) is 23.2 Å². The number of rotatable bonds is 3. The van der Waals surface area contributed by atoms with Gasteiger partial charge in [-0.3, -0.25) is 0 Å². The van der Waals surface area contributed by atoms with E-state index < -0.39 is 27.6 Å². The quantitative estimate of drug-likeness (QED) is 0.576. The minimum atomic E-state index is -4.46. The molecule has 1 heterocycles. The average Bonchev–Trinajstić information content (AvgIpc) is 2.68. The Hall–Kier alpha value is -2.24. The number of hydrogen-bond acceptors (Lipinski definition) is 3. The van der Waals surface area contributed by atoms with Gasteiger partial charge in [0, 0.05) is 31.9 Å². The fraction of sp³-hybridized carbons (Fsp3) is 0.278. The van der Waals surface area contributed by atoms with Gasteiger partial charge in [-0.15, -0.1) is 0 Å². The zero-order valence-corrected chi connectivity index (χ0v) is 16.6. The van der Waals surface area contributed by atoms with Crippen LogP contribution in [0.5, 0.6) is 0 Å². The number of thiocarbonyl (C=S) groups is 1. The third kappa shape index (κ3) is 5.03. The highest BCUT2D eigenvalue weighted by Crippen LogP contribution is 2.30. The molecular formula is C18H17F4N3O2S2. The summed E-state index contributed by atoms with van der Waals surface area (Å²) in [6.07, 6.45) is -4.46. The van der Waals surface area contributed by atoms with Crippen LogP contribution in [0.1, 0.15) is 5.56 Å². The maximum absolute atomic E-state index is 13.0. The number of alkyl halides is 3. The lowest BCUT2D eigenvalue weighted by Crippen LogP contribution is -2.51. The summed E-state index contributed by atoms with van der Waals surface area (Å²) in [6, 6.07) is 9.24. The largest absolute Gasteiger partial charge is 0.416 e. The first kappa shape index (κ1) is 21.5. The average molecular weight is 447 g/mol. The van der Waals surface area contributed by atoms with Crippen LogP contribution in [0, 0.1) is 5.82 Å². The zero-order chi connectivity index (χ0) is 21.2. The van der Waals surface area contributed by atoms with Gasteiger partial charge in [-0.05, 0) is 54.7 Å². The summed E-state index contributed by atoms with van der Waals surface area (Å²) in [5.74, 6) is -0.528. The number of nitrogens with zero attached hydrogens (tertiary/aromatic N) is 2. The van der Waals surface area contributed by atoms with Gasteiger partial charge >= 0.3 is 6.18 Å². The van der Waals surface area contributed by atoms with Gasteiger partial charge in [-0.1, -0.05) is 6.07 Å². The standard InChI is InChI=1S/C18H17F4N3O2S2/c19-14-4-6-16(7-5-14)29(26,27)25-10-8-24(9-11-25)17(28)23-15-3-1-2-13(12-15)18(20,21)22/h1-7,12H,8-11H2,(H,23,28). The van der Waals surface area contributed by atoms with Crippen molar-refractivity contribution in [2.75, 3.05) is 31.5 Å². The highest BCUT2D eigenvalue weighted by atomic mass is 32.2. The molecule has 0 saturated carbocycles. The molecule has 0 atom stereocenters. The number of anilines is 1. The highest BCUT2D eigenvalue weighted by Gasteiger charge is 2.31. The molecule has 1 saturated heterocycles. The van der Waals surface area contributed by atoms with Gasteiger partial charge in [0.1, 0.15) is 5.82 Å². The van der Waals surface area contributed by atoms with E-state index in [0.717, 1.165) is 24.3 Å². The van der Waals surface area contributed by atoms with E-state index in [9.17, 15) is 26.0 Å². The van der Waals surface area contributed by atoms with Gasteiger partial charge in [0.05, 0.1) is 10.5 Å². The van der Waals surface area contributed by atoms with Crippen LogP contribution >= 0.6 is 12.2 Å². The topological polar surface area (TPSA) is 52.7 Å². The Labute approximate surface area is 171 Å². The molecule has 29 heavy (non-hydrogen) atoms. The van der Waals surface area contributed by atoms with E-state index in [1.165, 1.54) is 28.6 Å². The molecule has 0 bridgehead atoms. The van der Waals surface area contributed by atoms with Crippen LogP contribution in [-0.4, -0.2) is 48.9 Å². The monoisotopic (exact) mass is 447 g/mol. The van der Waals surface area contributed by atoms with E-state index in [4.69, 9.17) is 12.2 Å².